The zero-order valence-electron chi connectivity index (χ0n) is 13.3. The van der Waals surface area contributed by atoms with E-state index in [1.807, 2.05) is 0 Å². The third-order valence-corrected chi connectivity index (χ3v) is 5.41. The molecule has 0 saturated carbocycles. The molecule has 0 radical (unpaired) electrons. The average Bonchev–Trinajstić information content (AvgIpc) is 3.07. The van der Waals surface area contributed by atoms with Crippen LogP contribution in [-0.4, -0.2) is 32.7 Å². The van der Waals surface area contributed by atoms with Crippen LogP contribution in [0.1, 0.15) is 24.1 Å². The molecular weight excluding hydrogens is 351 g/mol. The van der Waals surface area contributed by atoms with Gasteiger partial charge >= 0.3 is 0 Å². The number of hydrogen-bond donors (Lipinski definition) is 1. The molecule has 1 aliphatic heterocycles. The van der Waals surface area contributed by atoms with Crippen LogP contribution >= 0.6 is 0 Å². The lowest BCUT2D eigenvalue weighted by Crippen LogP contribution is -2.50. The maximum atomic E-state index is 13.6. The number of sulfonamides is 1. The number of rotatable bonds is 5. The summed E-state index contributed by atoms with van der Waals surface area (Å²) in [7, 11) is -3.97. The van der Waals surface area contributed by atoms with E-state index < -0.39 is 32.9 Å². The highest BCUT2D eigenvalue weighted by atomic mass is 32.2. The molecule has 1 aromatic heterocycles. The number of hydrogen-bond acceptors (Lipinski definition) is 6. The van der Waals surface area contributed by atoms with Crippen molar-refractivity contribution in [3.63, 3.8) is 0 Å². The van der Waals surface area contributed by atoms with Gasteiger partial charge in [-0.2, -0.15) is 0 Å². The van der Waals surface area contributed by atoms with Crippen LogP contribution < -0.4 is 4.72 Å². The standard InChI is InChI=1S/C16H17FN2O5S/c17-13-3-1-2-12(10-13)16(5-8-23-9-6-16)15(20)19-25(21,22)11-14-4-7-24-18-14/h1-4,7,10H,5-6,8-9,11H2,(H,19,20). The van der Waals surface area contributed by atoms with Gasteiger partial charge in [0.2, 0.25) is 15.9 Å². The van der Waals surface area contributed by atoms with Crippen LogP contribution in [0.4, 0.5) is 4.39 Å². The maximum absolute atomic E-state index is 13.6. The number of halogens is 1. The van der Waals surface area contributed by atoms with Crippen molar-refractivity contribution in [2.45, 2.75) is 24.0 Å². The molecule has 0 unspecified atom stereocenters. The Morgan fingerprint density at radius 1 is 1.28 bits per heavy atom. The highest BCUT2D eigenvalue weighted by Crippen LogP contribution is 2.35. The van der Waals surface area contributed by atoms with E-state index in [0.717, 1.165) is 0 Å². The van der Waals surface area contributed by atoms with E-state index in [1.165, 1.54) is 30.5 Å². The van der Waals surface area contributed by atoms with E-state index in [-0.39, 0.29) is 31.7 Å². The van der Waals surface area contributed by atoms with E-state index in [9.17, 15) is 17.6 Å². The van der Waals surface area contributed by atoms with Crippen LogP contribution in [0, 0.1) is 5.82 Å². The highest BCUT2D eigenvalue weighted by molar-refractivity contribution is 7.89. The number of amides is 1. The minimum absolute atomic E-state index is 0.187. The molecule has 0 bridgehead atoms. The molecule has 134 valence electrons. The van der Waals surface area contributed by atoms with E-state index >= 15 is 0 Å². The van der Waals surface area contributed by atoms with Gasteiger partial charge in [-0.25, -0.2) is 12.8 Å². The molecule has 1 amide bonds. The third-order valence-electron chi connectivity index (χ3n) is 4.24. The predicted octanol–water partition coefficient (Wildman–Crippen LogP) is 1.51. The fourth-order valence-electron chi connectivity index (χ4n) is 2.93. The molecule has 2 aromatic rings. The fraction of sp³-hybridized carbons (Fsp3) is 0.375. The molecule has 3 rings (SSSR count). The lowest BCUT2D eigenvalue weighted by Gasteiger charge is -2.36. The molecule has 0 aliphatic carbocycles. The number of benzene rings is 1. The second-order valence-corrected chi connectivity index (χ2v) is 7.61. The number of ether oxygens (including phenoxy) is 1. The molecule has 25 heavy (non-hydrogen) atoms. The van der Waals surface area contributed by atoms with Crippen LogP contribution in [0.2, 0.25) is 0 Å². The molecule has 2 heterocycles. The maximum Gasteiger partial charge on any atom is 0.244 e. The topological polar surface area (TPSA) is 98.5 Å². The van der Waals surface area contributed by atoms with Gasteiger partial charge in [0, 0.05) is 19.3 Å². The Balaban J connectivity index is 1.87. The Morgan fingerprint density at radius 2 is 2.04 bits per heavy atom. The number of nitrogens with one attached hydrogen (secondary N) is 1. The van der Waals surface area contributed by atoms with Gasteiger partial charge in [0.05, 0.1) is 5.41 Å². The van der Waals surface area contributed by atoms with Crippen molar-refractivity contribution in [2.24, 2.45) is 0 Å². The van der Waals surface area contributed by atoms with Crippen LogP contribution in [0.3, 0.4) is 0 Å². The van der Waals surface area contributed by atoms with Crippen molar-refractivity contribution < 1.29 is 26.9 Å². The first-order chi connectivity index (χ1) is 11.9. The Morgan fingerprint density at radius 3 is 2.68 bits per heavy atom. The number of aromatic nitrogens is 1. The molecule has 1 aromatic carbocycles. The summed E-state index contributed by atoms with van der Waals surface area (Å²) < 4.78 is 50.2. The molecule has 0 spiro atoms. The van der Waals surface area contributed by atoms with E-state index in [4.69, 9.17) is 4.74 Å². The Hall–Kier alpha value is -2.26. The number of carbonyl (C=O) groups is 1. The predicted molar refractivity (Wildman–Crippen MR) is 85.4 cm³/mol. The molecule has 1 aliphatic rings. The smallest absolute Gasteiger partial charge is 0.244 e. The van der Waals surface area contributed by atoms with Crippen molar-refractivity contribution in [2.75, 3.05) is 13.2 Å². The van der Waals surface area contributed by atoms with Crippen molar-refractivity contribution >= 4 is 15.9 Å². The van der Waals surface area contributed by atoms with Gasteiger partial charge in [-0.05, 0) is 30.5 Å². The highest BCUT2D eigenvalue weighted by Gasteiger charge is 2.43. The van der Waals surface area contributed by atoms with Gasteiger partial charge in [0.25, 0.3) is 0 Å². The Kier molecular flexibility index (Phi) is 4.87. The summed E-state index contributed by atoms with van der Waals surface area (Å²) in [6.07, 6.45) is 1.78. The van der Waals surface area contributed by atoms with Gasteiger partial charge in [0.1, 0.15) is 23.5 Å². The second kappa shape index (κ2) is 6.93. The first-order valence-corrected chi connectivity index (χ1v) is 9.34. The molecule has 1 N–H and O–H groups in total. The van der Waals surface area contributed by atoms with Crippen LogP contribution in [-0.2, 0) is 30.7 Å². The Bertz CT molecular complexity index is 845. The van der Waals surface area contributed by atoms with E-state index in [1.54, 1.807) is 6.07 Å². The number of nitrogens with zero attached hydrogens (tertiary/aromatic N) is 1. The van der Waals surface area contributed by atoms with Gasteiger partial charge in [-0.15, -0.1) is 0 Å². The quantitative estimate of drug-likeness (QED) is 0.859. The van der Waals surface area contributed by atoms with Gasteiger partial charge in [-0.1, -0.05) is 17.3 Å². The van der Waals surface area contributed by atoms with Crippen LogP contribution in [0.5, 0.6) is 0 Å². The third kappa shape index (κ3) is 3.88. The lowest BCUT2D eigenvalue weighted by atomic mass is 9.73. The summed E-state index contributed by atoms with van der Waals surface area (Å²) in [5.74, 6) is -1.66. The summed E-state index contributed by atoms with van der Waals surface area (Å²) in [4.78, 5) is 12.9. The Labute approximate surface area is 144 Å². The molecule has 1 fully saturated rings. The summed E-state index contributed by atoms with van der Waals surface area (Å²) in [5.41, 5.74) is -0.533. The van der Waals surface area contributed by atoms with Crippen molar-refractivity contribution in [1.82, 2.24) is 9.88 Å². The first kappa shape index (κ1) is 17.6. The molecule has 1 saturated heterocycles. The van der Waals surface area contributed by atoms with Crippen molar-refractivity contribution in [1.29, 1.82) is 0 Å². The molecular formula is C16H17FN2O5S. The summed E-state index contributed by atoms with van der Waals surface area (Å²) in [6, 6.07) is 7.06. The zero-order chi connectivity index (χ0) is 17.9. The molecule has 7 nitrogen and oxygen atoms in total. The SMILES string of the molecule is O=C(NS(=O)(=O)Cc1ccon1)C1(c2cccc(F)c2)CCOCC1. The normalized spacial score (nSPS) is 17.2. The lowest BCUT2D eigenvalue weighted by molar-refractivity contribution is -0.128. The van der Waals surface area contributed by atoms with Crippen LogP contribution in [0.15, 0.2) is 41.1 Å². The largest absolute Gasteiger partial charge is 0.381 e. The molecule has 0 atom stereocenters. The van der Waals surface area contributed by atoms with Gasteiger partial charge in [0.15, 0.2) is 0 Å². The van der Waals surface area contributed by atoms with E-state index in [0.29, 0.717) is 5.56 Å². The molecule has 9 heteroatoms. The first-order valence-electron chi connectivity index (χ1n) is 7.69. The fourth-order valence-corrected chi connectivity index (χ4v) is 4.02. The second-order valence-electron chi connectivity index (χ2n) is 5.89. The summed E-state index contributed by atoms with van der Waals surface area (Å²) in [6.45, 7) is 0.570. The summed E-state index contributed by atoms with van der Waals surface area (Å²) >= 11 is 0. The minimum Gasteiger partial charge on any atom is -0.381 e. The van der Waals surface area contributed by atoms with Gasteiger partial charge in [-0.3, -0.25) is 9.52 Å². The number of carbonyl (C=O) groups excluding carboxylic acids is 1. The van der Waals surface area contributed by atoms with Crippen LogP contribution in [0.25, 0.3) is 0 Å². The van der Waals surface area contributed by atoms with E-state index in [2.05, 4.69) is 14.4 Å². The average molecular weight is 368 g/mol. The van der Waals surface area contributed by atoms with Crippen molar-refractivity contribution in [3.8, 4) is 0 Å². The van der Waals surface area contributed by atoms with Crippen molar-refractivity contribution in [3.05, 3.63) is 53.7 Å². The monoisotopic (exact) mass is 368 g/mol. The van der Waals surface area contributed by atoms with Gasteiger partial charge < -0.3 is 9.26 Å². The summed E-state index contributed by atoms with van der Waals surface area (Å²) in [5, 5.41) is 3.53. The minimum atomic E-state index is -3.97. The zero-order valence-corrected chi connectivity index (χ0v) is 14.1.